The van der Waals surface area contributed by atoms with Crippen molar-refractivity contribution in [2.75, 3.05) is 32.9 Å². The third kappa shape index (κ3) is 5.91. The van der Waals surface area contributed by atoms with E-state index in [2.05, 4.69) is 20.9 Å². The van der Waals surface area contributed by atoms with Gasteiger partial charge in [0.2, 0.25) is 5.91 Å². The monoisotopic (exact) mass is 565 g/mol. The molecule has 7 nitrogen and oxygen atoms in total. The summed E-state index contributed by atoms with van der Waals surface area (Å²) in [6.07, 6.45) is 3.89. The predicted octanol–water partition coefficient (Wildman–Crippen LogP) is 4.39. The fraction of sp³-hybridized carbons (Fsp3) is 0.400. The Labute approximate surface area is 216 Å². The van der Waals surface area contributed by atoms with Crippen molar-refractivity contribution >= 4 is 50.3 Å². The highest BCUT2D eigenvalue weighted by Gasteiger charge is 2.23. The van der Waals surface area contributed by atoms with Crippen LogP contribution in [0.5, 0.6) is 0 Å². The van der Waals surface area contributed by atoms with E-state index in [1.807, 2.05) is 4.90 Å². The number of ketones is 1. The molecule has 0 unspecified atom stereocenters. The van der Waals surface area contributed by atoms with Crippen LogP contribution < -0.4 is 0 Å². The van der Waals surface area contributed by atoms with Gasteiger partial charge in [-0.1, -0.05) is 33.6 Å². The normalized spacial score (nSPS) is 13.7. The third-order valence-corrected chi connectivity index (χ3v) is 6.98. The number of carbonyl (C=O) groups excluding carboxylic acids is 2. The minimum Gasteiger partial charge on any atom is -0.394 e. The van der Waals surface area contributed by atoms with E-state index in [1.165, 1.54) is 6.33 Å². The predicted molar refractivity (Wildman–Crippen MR) is 134 cm³/mol. The van der Waals surface area contributed by atoms with Crippen LogP contribution >= 0.6 is 27.5 Å². The highest BCUT2D eigenvalue weighted by atomic mass is 79.9. The van der Waals surface area contributed by atoms with Crippen molar-refractivity contribution in [2.45, 2.75) is 32.2 Å². The van der Waals surface area contributed by atoms with Gasteiger partial charge in [0, 0.05) is 53.1 Å². The summed E-state index contributed by atoms with van der Waals surface area (Å²) in [6.45, 7) is 1.35. The zero-order chi connectivity index (χ0) is 24.9. The second-order valence-corrected chi connectivity index (χ2v) is 9.80. The molecule has 1 fully saturated rings. The van der Waals surface area contributed by atoms with Crippen molar-refractivity contribution in [3.05, 3.63) is 62.6 Å². The van der Waals surface area contributed by atoms with Crippen LogP contribution in [-0.4, -0.2) is 64.2 Å². The fourth-order valence-electron chi connectivity index (χ4n) is 4.30. The first-order valence-corrected chi connectivity index (χ1v) is 12.7. The molecule has 1 saturated heterocycles. The number of fused-ring (bicyclic) bond motifs is 1. The van der Waals surface area contributed by atoms with Gasteiger partial charge in [-0.05, 0) is 36.6 Å². The third-order valence-electron chi connectivity index (χ3n) is 6.13. The van der Waals surface area contributed by atoms with Gasteiger partial charge in [0.15, 0.2) is 11.6 Å². The van der Waals surface area contributed by atoms with E-state index in [9.17, 15) is 9.59 Å². The van der Waals surface area contributed by atoms with Gasteiger partial charge in [0.1, 0.15) is 12.1 Å². The molecule has 10 heteroatoms. The van der Waals surface area contributed by atoms with E-state index < -0.39 is 11.6 Å². The van der Waals surface area contributed by atoms with Gasteiger partial charge < -0.3 is 19.3 Å². The maximum Gasteiger partial charge on any atom is 0.224 e. The molecule has 1 aliphatic rings. The second kappa shape index (κ2) is 11.6. The number of hydrogen-bond acceptors (Lipinski definition) is 5. The Bertz CT molecular complexity index is 1240. The Balaban J connectivity index is 1.68. The van der Waals surface area contributed by atoms with Crippen molar-refractivity contribution in [1.82, 2.24) is 14.5 Å². The lowest BCUT2D eigenvalue weighted by Crippen LogP contribution is -2.28. The van der Waals surface area contributed by atoms with Gasteiger partial charge in [-0.2, -0.15) is 0 Å². The molecule has 2 aromatic carbocycles. The number of nitrogens with zero attached hydrogens (tertiary/aromatic N) is 3. The molecular formula is C25H26BrClFN3O4. The van der Waals surface area contributed by atoms with Crippen LogP contribution in [0.3, 0.4) is 0 Å². The quantitative estimate of drug-likeness (QED) is 0.291. The summed E-state index contributed by atoms with van der Waals surface area (Å²) in [6, 6.07) is 6.90. The smallest absolute Gasteiger partial charge is 0.224 e. The molecule has 1 aliphatic heterocycles. The van der Waals surface area contributed by atoms with Crippen molar-refractivity contribution < 1.29 is 23.8 Å². The van der Waals surface area contributed by atoms with Gasteiger partial charge in [-0.15, -0.1) is 0 Å². The standard InChI is InChI=1S/C25H26BrClFN3O4/c26-17-4-3-16(20(27)12-17)11-19-18(22(33)14-35-10-9-32)13-21-25(24(19)28)29-15-31(21)8-5-23(34)30-6-1-2-7-30/h3-4,12-13,15,32H,1-2,5-11,14H2. The fourth-order valence-corrected chi connectivity index (χ4v) is 5.04. The Morgan fingerprint density at radius 1 is 1.23 bits per heavy atom. The zero-order valence-electron chi connectivity index (χ0n) is 19.1. The van der Waals surface area contributed by atoms with Crippen LogP contribution in [0.1, 0.15) is 40.7 Å². The number of imidazole rings is 1. The van der Waals surface area contributed by atoms with Gasteiger partial charge in [0.25, 0.3) is 0 Å². The minimum absolute atomic E-state index is 0.000877. The Kier molecular flexibility index (Phi) is 8.54. The second-order valence-electron chi connectivity index (χ2n) is 8.47. The number of rotatable bonds is 10. The van der Waals surface area contributed by atoms with Crippen LogP contribution in [0.25, 0.3) is 11.0 Å². The van der Waals surface area contributed by atoms with Crippen LogP contribution in [-0.2, 0) is 22.5 Å². The average molecular weight is 567 g/mol. The molecule has 4 rings (SSSR count). The molecule has 186 valence electrons. The molecule has 0 spiro atoms. The van der Waals surface area contributed by atoms with E-state index in [1.54, 1.807) is 28.8 Å². The van der Waals surface area contributed by atoms with Crippen LogP contribution in [0.2, 0.25) is 5.02 Å². The summed E-state index contributed by atoms with van der Waals surface area (Å²) in [4.78, 5) is 31.6. The molecule has 35 heavy (non-hydrogen) atoms. The lowest BCUT2D eigenvalue weighted by molar-refractivity contribution is -0.130. The van der Waals surface area contributed by atoms with Crippen LogP contribution in [0.15, 0.2) is 35.1 Å². The maximum atomic E-state index is 15.8. The Morgan fingerprint density at radius 2 is 2.00 bits per heavy atom. The first kappa shape index (κ1) is 25.8. The SMILES string of the molecule is O=C(COCCO)c1cc2c(ncn2CCC(=O)N2CCCC2)c(F)c1Cc1ccc(Br)cc1Cl. The van der Waals surface area contributed by atoms with Crippen molar-refractivity contribution in [3.8, 4) is 0 Å². The number of likely N-dealkylation sites (tertiary alicyclic amines) is 1. The minimum atomic E-state index is -0.600. The topological polar surface area (TPSA) is 84.7 Å². The molecule has 0 aliphatic carbocycles. The summed E-state index contributed by atoms with van der Waals surface area (Å²) in [7, 11) is 0. The molecule has 0 bridgehead atoms. The maximum absolute atomic E-state index is 15.8. The number of aromatic nitrogens is 2. The number of benzene rings is 2. The van der Waals surface area contributed by atoms with E-state index >= 15 is 4.39 Å². The summed E-state index contributed by atoms with van der Waals surface area (Å²) < 4.78 is 23.5. The highest BCUT2D eigenvalue weighted by Crippen LogP contribution is 2.30. The van der Waals surface area contributed by atoms with E-state index in [0.717, 1.165) is 30.4 Å². The molecule has 1 amide bonds. The zero-order valence-corrected chi connectivity index (χ0v) is 21.4. The Hall–Kier alpha value is -2.33. The number of aryl methyl sites for hydroxylation is 1. The largest absolute Gasteiger partial charge is 0.394 e. The number of ether oxygens (including phenoxy) is 1. The van der Waals surface area contributed by atoms with Crippen molar-refractivity contribution in [1.29, 1.82) is 0 Å². The number of halogens is 3. The number of aliphatic hydroxyl groups is 1. The number of hydrogen-bond donors (Lipinski definition) is 1. The first-order valence-electron chi connectivity index (χ1n) is 11.5. The van der Waals surface area contributed by atoms with Gasteiger partial charge in [-0.25, -0.2) is 9.37 Å². The summed E-state index contributed by atoms with van der Waals surface area (Å²) in [5.41, 5.74) is 1.58. The van der Waals surface area contributed by atoms with E-state index in [-0.39, 0.29) is 55.2 Å². The summed E-state index contributed by atoms with van der Waals surface area (Å²) in [5.74, 6) is -0.958. The molecule has 1 N–H and O–H groups in total. The molecule has 2 heterocycles. The van der Waals surface area contributed by atoms with E-state index in [4.69, 9.17) is 21.4 Å². The summed E-state index contributed by atoms with van der Waals surface area (Å²) in [5, 5.41) is 9.42. The van der Waals surface area contributed by atoms with Gasteiger partial charge >= 0.3 is 0 Å². The molecule has 0 saturated carbocycles. The number of amides is 1. The molecule has 0 atom stereocenters. The first-order chi connectivity index (χ1) is 16.9. The highest BCUT2D eigenvalue weighted by molar-refractivity contribution is 9.10. The average Bonchev–Trinajstić information content (AvgIpc) is 3.51. The molecular weight excluding hydrogens is 541 g/mol. The lowest BCUT2D eigenvalue weighted by Gasteiger charge is -2.16. The number of Topliss-reactive ketones (excluding diaryl/α,β-unsaturated/α-hetero) is 1. The van der Waals surface area contributed by atoms with Gasteiger partial charge in [-0.3, -0.25) is 9.59 Å². The molecule has 1 aromatic heterocycles. The van der Waals surface area contributed by atoms with E-state index in [0.29, 0.717) is 22.6 Å². The number of aliphatic hydroxyl groups excluding tert-OH is 1. The Morgan fingerprint density at radius 3 is 2.71 bits per heavy atom. The molecule has 0 radical (unpaired) electrons. The molecule has 3 aromatic rings. The summed E-state index contributed by atoms with van der Waals surface area (Å²) >= 11 is 9.73. The van der Waals surface area contributed by atoms with Gasteiger partial charge in [0.05, 0.1) is 25.1 Å². The lowest BCUT2D eigenvalue weighted by atomic mass is 9.95. The number of carbonyl (C=O) groups is 2. The van der Waals surface area contributed by atoms with Crippen molar-refractivity contribution in [3.63, 3.8) is 0 Å². The van der Waals surface area contributed by atoms with Crippen LogP contribution in [0, 0.1) is 5.82 Å². The van der Waals surface area contributed by atoms with Crippen molar-refractivity contribution in [2.24, 2.45) is 0 Å². The van der Waals surface area contributed by atoms with Crippen LogP contribution in [0.4, 0.5) is 4.39 Å².